The van der Waals surface area contributed by atoms with Crippen LogP contribution in [-0.4, -0.2) is 30.4 Å². The summed E-state index contributed by atoms with van der Waals surface area (Å²) in [5.74, 6) is -3.44. The molecule has 2 aromatic carbocycles. The van der Waals surface area contributed by atoms with Gasteiger partial charge in [0.25, 0.3) is 0 Å². The number of carbonyl (C=O) groups is 3. The average Bonchev–Trinajstić information content (AvgIpc) is 2.72. The summed E-state index contributed by atoms with van der Waals surface area (Å²) in [6.45, 7) is 3.05. The van der Waals surface area contributed by atoms with Crippen LogP contribution < -0.4 is 19.3 Å². The Kier molecular flexibility index (Phi) is 4.03. The summed E-state index contributed by atoms with van der Waals surface area (Å²) >= 11 is 0. The second-order valence-corrected chi connectivity index (χ2v) is 5.63. The summed E-state index contributed by atoms with van der Waals surface area (Å²) in [5.41, 5.74) is -0.261. The minimum Gasteiger partial charge on any atom is -0.872 e. The van der Waals surface area contributed by atoms with Crippen LogP contribution in [0.25, 0.3) is 0 Å². The first-order chi connectivity index (χ1) is 12.3. The number of carboxylic acid groups (broad SMARTS) is 1. The van der Waals surface area contributed by atoms with Gasteiger partial charge >= 0.3 is 11.9 Å². The van der Waals surface area contributed by atoms with Crippen molar-refractivity contribution >= 4 is 18.2 Å². The number of hydrogen-bond donors (Lipinski definition) is 1. The molecule has 26 heavy (non-hydrogen) atoms. The molecule has 0 aliphatic carbocycles. The monoisotopic (exact) mass is 357 g/mol. The van der Waals surface area contributed by atoms with Crippen molar-refractivity contribution in [1.82, 2.24) is 0 Å². The Balaban J connectivity index is 2.40. The van der Waals surface area contributed by atoms with E-state index in [4.69, 9.17) is 14.2 Å². The zero-order valence-electron chi connectivity index (χ0n) is 14.0. The van der Waals surface area contributed by atoms with Gasteiger partial charge in [0.05, 0.1) is 12.7 Å². The second-order valence-electron chi connectivity index (χ2n) is 5.63. The Morgan fingerprint density at radius 2 is 1.88 bits per heavy atom. The normalized spacial score (nSPS) is 12.2. The van der Waals surface area contributed by atoms with Crippen molar-refractivity contribution in [2.75, 3.05) is 7.11 Å². The van der Waals surface area contributed by atoms with Gasteiger partial charge in [-0.3, -0.25) is 4.79 Å². The van der Waals surface area contributed by atoms with Crippen molar-refractivity contribution in [2.24, 2.45) is 0 Å². The van der Waals surface area contributed by atoms with Gasteiger partial charge in [0, 0.05) is 5.56 Å². The Hall–Kier alpha value is -3.55. The summed E-state index contributed by atoms with van der Waals surface area (Å²) in [5, 5.41) is 21.5. The molecule has 0 radical (unpaired) electrons. The molecule has 1 aliphatic rings. The number of rotatable bonds is 3. The van der Waals surface area contributed by atoms with Crippen LogP contribution in [0.4, 0.5) is 0 Å². The van der Waals surface area contributed by atoms with Gasteiger partial charge in [-0.1, -0.05) is 11.8 Å². The van der Waals surface area contributed by atoms with Gasteiger partial charge in [0.2, 0.25) is 0 Å². The zero-order chi connectivity index (χ0) is 19.2. The topological polar surface area (TPSA) is 122 Å². The Morgan fingerprint density at radius 3 is 2.46 bits per heavy atom. The number of carboxylic acids is 1. The van der Waals surface area contributed by atoms with Crippen molar-refractivity contribution in [3.05, 3.63) is 39.9 Å². The standard InChI is InChI=1S/C18H14O8/c1-7-4-11(20)10(6-19)15-13(7)18(23)26-14-8(2)12(24-3)5-9(17(21)22)16(14)25-15/h4-6,20H,1-3H3,(H,21,22)/p-1. The number of esters is 1. The quantitative estimate of drug-likeness (QED) is 0.504. The van der Waals surface area contributed by atoms with Gasteiger partial charge in [-0.2, -0.15) is 0 Å². The van der Waals surface area contributed by atoms with Crippen LogP contribution in [0, 0.1) is 13.8 Å². The van der Waals surface area contributed by atoms with E-state index in [-0.39, 0.29) is 51.5 Å². The Morgan fingerprint density at radius 1 is 1.19 bits per heavy atom. The fourth-order valence-corrected chi connectivity index (χ4v) is 2.79. The molecule has 1 N–H and O–H groups in total. The molecular formula is C18H13O8-. The zero-order valence-corrected chi connectivity index (χ0v) is 14.0. The molecule has 0 aromatic heterocycles. The highest BCUT2D eigenvalue weighted by molar-refractivity contribution is 6.03. The van der Waals surface area contributed by atoms with Crippen LogP contribution >= 0.6 is 0 Å². The van der Waals surface area contributed by atoms with Crippen molar-refractivity contribution in [3.63, 3.8) is 0 Å². The molecule has 134 valence electrons. The lowest BCUT2D eigenvalue weighted by molar-refractivity contribution is -0.268. The number of hydrogen-bond acceptors (Lipinski definition) is 7. The predicted molar refractivity (Wildman–Crippen MR) is 85.7 cm³/mol. The molecule has 1 aliphatic heterocycles. The second kappa shape index (κ2) is 6.07. The van der Waals surface area contributed by atoms with Gasteiger partial charge in [0.15, 0.2) is 23.5 Å². The van der Waals surface area contributed by atoms with Crippen molar-refractivity contribution in [1.29, 1.82) is 0 Å². The molecule has 1 heterocycles. The van der Waals surface area contributed by atoms with Crippen LogP contribution in [-0.2, 0) is 0 Å². The van der Waals surface area contributed by atoms with Crippen LogP contribution in [0.1, 0.15) is 42.2 Å². The van der Waals surface area contributed by atoms with Gasteiger partial charge < -0.3 is 24.4 Å². The molecule has 0 fully saturated rings. The van der Waals surface area contributed by atoms with Gasteiger partial charge in [-0.15, -0.1) is 0 Å². The molecule has 0 saturated carbocycles. The number of fused-ring (bicyclic) bond motifs is 2. The predicted octanol–water partition coefficient (Wildman–Crippen LogP) is 2.22. The van der Waals surface area contributed by atoms with E-state index in [1.165, 1.54) is 20.1 Å². The number of carbonyl (C=O) groups excluding carboxylic acids is 2. The maximum absolute atomic E-state index is 12.6. The SMILES string of the molecule is COc1cc(C(=O)O)c2c(c1C)OC(=O)c1c(C)cc([O-])c(C=O)c1O2. The molecule has 0 saturated heterocycles. The molecule has 3 rings (SSSR count). The van der Waals surface area contributed by atoms with Crippen LogP contribution in [0.5, 0.6) is 28.7 Å². The van der Waals surface area contributed by atoms with Gasteiger partial charge in [0.1, 0.15) is 16.9 Å². The maximum atomic E-state index is 12.6. The lowest BCUT2D eigenvalue weighted by atomic mass is 10.0. The van der Waals surface area contributed by atoms with Crippen LogP contribution in [0.2, 0.25) is 0 Å². The van der Waals surface area contributed by atoms with Gasteiger partial charge in [-0.05, 0) is 25.5 Å². The third-order valence-corrected chi connectivity index (χ3v) is 4.09. The lowest BCUT2D eigenvalue weighted by Gasteiger charge is -2.18. The molecular weight excluding hydrogens is 344 g/mol. The maximum Gasteiger partial charge on any atom is 0.347 e. The summed E-state index contributed by atoms with van der Waals surface area (Å²) in [7, 11) is 1.34. The number of aldehydes is 1. The van der Waals surface area contributed by atoms with Crippen LogP contribution in [0.15, 0.2) is 12.1 Å². The number of methoxy groups -OCH3 is 1. The van der Waals surface area contributed by atoms with E-state index >= 15 is 0 Å². The minimum atomic E-state index is -1.36. The largest absolute Gasteiger partial charge is 0.872 e. The molecule has 0 bridgehead atoms. The molecule has 0 spiro atoms. The number of aryl methyl sites for hydroxylation is 1. The highest BCUT2D eigenvalue weighted by atomic mass is 16.6. The Bertz CT molecular complexity index is 974. The summed E-state index contributed by atoms with van der Waals surface area (Å²) in [6.07, 6.45) is 0.260. The average molecular weight is 357 g/mol. The molecule has 8 nitrogen and oxygen atoms in total. The van der Waals surface area contributed by atoms with E-state index in [9.17, 15) is 24.6 Å². The summed E-state index contributed by atoms with van der Waals surface area (Å²) in [6, 6.07) is 2.33. The van der Waals surface area contributed by atoms with E-state index in [1.54, 1.807) is 6.92 Å². The van der Waals surface area contributed by atoms with Crippen molar-refractivity contribution in [2.45, 2.75) is 13.8 Å². The molecule has 0 atom stereocenters. The number of aromatic carboxylic acids is 1. The fraction of sp³-hybridized carbons (Fsp3) is 0.167. The van der Waals surface area contributed by atoms with Crippen molar-refractivity contribution in [3.8, 4) is 28.7 Å². The lowest BCUT2D eigenvalue weighted by Crippen LogP contribution is -2.12. The summed E-state index contributed by atoms with van der Waals surface area (Å²) < 4.78 is 16.1. The van der Waals surface area contributed by atoms with E-state index in [1.807, 2.05) is 0 Å². The van der Waals surface area contributed by atoms with E-state index in [0.29, 0.717) is 5.56 Å². The number of ether oxygens (including phenoxy) is 3. The fourth-order valence-electron chi connectivity index (χ4n) is 2.79. The third-order valence-electron chi connectivity index (χ3n) is 4.09. The molecule has 8 heteroatoms. The minimum absolute atomic E-state index is 0.113. The summed E-state index contributed by atoms with van der Waals surface area (Å²) in [4.78, 5) is 35.6. The van der Waals surface area contributed by atoms with Crippen molar-refractivity contribution < 1.29 is 38.8 Å². The highest BCUT2D eigenvalue weighted by Gasteiger charge is 2.33. The van der Waals surface area contributed by atoms with Crippen LogP contribution in [0.3, 0.4) is 0 Å². The molecule has 0 unspecified atom stereocenters. The molecule has 2 aromatic rings. The number of benzene rings is 2. The first kappa shape index (κ1) is 17.3. The first-order valence-electron chi connectivity index (χ1n) is 7.44. The highest BCUT2D eigenvalue weighted by Crippen LogP contribution is 2.47. The molecule has 0 amide bonds. The van der Waals surface area contributed by atoms with E-state index in [0.717, 1.165) is 6.07 Å². The third kappa shape index (κ3) is 2.43. The van der Waals surface area contributed by atoms with E-state index < -0.39 is 17.7 Å². The first-order valence-corrected chi connectivity index (χ1v) is 7.44. The van der Waals surface area contributed by atoms with Gasteiger partial charge in [-0.25, -0.2) is 9.59 Å². The van der Waals surface area contributed by atoms with E-state index in [2.05, 4.69) is 0 Å². The Labute approximate surface area is 147 Å². The smallest absolute Gasteiger partial charge is 0.347 e.